The maximum atomic E-state index is 12.6. The van der Waals surface area contributed by atoms with Crippen LogP contribution in [0.25, 0.3) is 28.4 Å². The van der Waals surface area contributed by atoms with Crippen LogP contribution in [0.5, 0.6) is 40.2 Å². The van der Waals surface area contributed by atoms with Gasteiger partial charge in [-0.1, -0.05) is 6.07 Å². The molecule has 27 nitrogen and oxygen atoms in total. The van der Waals surface area contributed by atoms with E-state index in [1.54, 1.807) is 0 Å². The molecule has 15 unspecified atom stereocenters. The fourth-order valence-electron chi connectivity index (χ4n) is 7.66. The summed E-state index contributed by atoms with van der Waals surface area (Å²) in [4.78, 5) is 35.6. The molecule has 3 aliphatic heterocycles. The minimum atomic E-state index is -2.06. The number of methoxy groups -OCH3 is 1. The van der Waals surface area contributed by atoms with Crippen molar-refractivity contribution in [3.05, 3.63) is 66.2 Å². The highest BCUT2D eigenvalue weighted by Gasteiger charge is 2.49. The highest BCUT2D eigenvalue weighted by atomic mass is 16.7. The Morgan fingerprint density at radius 2 is 1.15 bits per heavy atom. The molecular formula is C46H51O27+. The molecule has 0 aliphatic carbocycles. The maximum absolute atomic E-state index is 12.6. The number of phenolic OH excluding ortho intramolecular Hbond substituents is 3. The van der Waals surface area contributed by atoms with Crippen LogP contribution in [0.4, 0.5) is 0 Å². The summed E-state index contributed by atoms with van der Waals surface area (Å²) in [7, 11) is 1.34. The van der Waals surface area contributed by atoms with Crippen LogP contribution in [0.15, 0.2) is 65.1 Å². The first-order chi connectivity index (χ1) is 34.7. The Morgan fingerprint density at radius 3 is 1.75 bits per heavy atom. The molecular weight excluding hydrogens is 984 g/mol. The van der Waals surface area contributed by atoms with Crippen LogP contribution in [0.1, 0.15) is 12.0 Å². The average Bonchev–Trinajstić information content (AvgIpc) is 3.36. The Morgan fingerprint density at radius 1 is 0.603 bits per heavy atom. The number of hydrogen-bond acceptors (Lipinski definition) is 25. The van der Waals surface area contributed by atoms with E-state index in [2.05, 4.69) is 0 Å². The van der Waals surface area contributed by atoms with E-state index in [-0.39, 0.29) is 39.5 Å². The molecule has 0 spiro atoms. The number of aliphatic hydroxyl groups is 10. The predicted octanol–water partition coefficient (Wildman–Crippen LogP) is -2.67. The Bertz CT molecular complexity index is 2640. The molecule has 0 amide bonds. The largest absolute Gasteiger partial charge is 0.507 e. The number of fused-ring (bicyclic) bond motifs is 1. The number of rotatable bonds is 17. The van der Waals surface area contributed by atoms with Gasteiger partial charge in [0, 0.05) is 24.3 Å². The van der Waals surface area contributed by atoms with Gasteiger partial charge in [-0.15, -0.1) is 0 Å². The van der Waals surface area contributed by atoms with Crippen LogP contribution < -0.4 is 18.9 Å². The molecule has 15 atom stereocenters. The van der Waals surface area contributed by atoms with Crippen molar-refractivity contribution in [1.82, 2.24) is 0 Å². The zero-order valence-corrected chi connectivity index (χ0v) is 37.9. The van der Waals surface area contributed by atoms with Crippen molar-refractivity contribution in [1.29, 1.82) is 0 Å². The van der Waals surface area contributed by atoms with E-state index in [0.29, 0.717) is 5.56 Å². The number of carbonyl (C=O) groups excluding carboxylic acids is 2. The van der Waals surface area contributed by atoms with E-state index in [9.17, 15) is 80.8 Å². The van der Waals surface area contributed by atoms with Gasteiger partial charge in [-0.2, -0.15) is 0 Å². The summed E-state index contributed by atoms with van der Waals surface area (Å²) in [5.74, 6) is -6.52. The number of aliphatic carboxylic acids is 1. The van der Waals surface area contributed by atoms with Gasteiger partial charge in [-0.25, -0.2) is 9.21 Å². The van der Waals surface area contributed by atoms with Gasteiger partial charge in [0.05, 0.1) is 25.3 Å². The summed E-state index contributed by atoms with van der Waals surface area (Å²) in [5, 5.41) is 146. The third kappa shape index (κ3) is 12.2. The minimum Gasteiger partial charge on any atom is -0.507 e. The normalized spacial score (nSPS) is 30.4. The molecule has 1 aromatic heterocycles. The third-order valence-corrected chi connectivity index (χ3v) is 11.7. The lowest BCUT2D eigenvalue weighted by Crippen LogP contribution is -2.60. The zero-order chi connectivity index (χ0) is 53.0. The SMILES string of the molecule is COc1cc(C=CC(=O)OCC2OC(Oc3cc(O)c4cc(OC5OC(COC(=O)CC(=O)O)C(O)C(O)C5O)c(-c5ccc(O)c(OC6OC(CO)C(O)C(O)C6O)c5)[o+]c4c3)C(O)C(O)C2O)ccc1O. The number of phenols is 3. The molecule has 0 radical (unpaired) electrons. The van der Waals surface area contributed by atoms with Crippen molar-refractivity contribution in [3.8, 4) is 51.6 Å². The summed E-state index contributed by atoms with van der Waals surface area (Å²) in [6.45, 7) is -2.32. The summed E-state index contributed by atoms with van der Waals surface area (Å²) in [6.07, 6.45) is -26.1. The minimum absolute atomic E-state index is 0.0942. The quantitative estimate of drug-likeness (QED) is 0.0222. The van der Waals surface area contributed by atoms with E-state index in [1.165, 1.54) is 37.5 Å². The van der Waals surface area contributed by atoms with Gasteiger partial charge >= 0.3 is 29.3 Å². The summed E-state index contributed by atoms with van der Waals surface area (Å²) in [5.41, 5.74) is 0.0926. The second-order valence-electron chi connectivity index (χ2n) is 16.7. The van der Waals surface area contributed by atoms with E-state index in [4.69, 9.17) is 52.2 Å². The lowest BCUT2D eigenvalue weighted by Gasteiger charge is -2.39. The highest BCUT2D eigenvalue weighted by Crippen LogP contribution is 2.44. The molecule has 3 saturated heterocycles. The summed E-state index contributed by atoms with van der Waals surface area (Å²) >= 11 is 0. The number of esters is 2. The Labute approximate surface area is 410 Å². The molecule has 3 aromatic carbocycles. The molecule has 7 rings (SSSR count). The first kappa shape index (κ1) is 54.1. The fraction of sp³-hybridized carbons (Fsp3) is 0.435. The molecule has 73 heavy (non-hydrogen) atoms. The molecule has 0 bridgehead atoms. The number of carboxylic acids is 1. The maximum Gasteiger partial charge on any atom is 0.402 e. The van der Waals surface area contributed by atoms with Gasteiger partial charge in [-0.3, -0.25) is 9.59 Å². The van der Waals surface area contributed by atoms with Gasteiger partial charge in [-0.05, 0) is 35.9 Å². The van der Waals surface area contributed by atoms with Crippen LogP contribution in [0.2, 0.25) is 0 Å². The number of carboxylic acid groups (broad SMARTS) is 1. The van der Waals surface area contributed by atoms with Gasteiger partial charge in [0.15, 0.2) is 23.0 Å². The van der Waals surface area contributed by atoms with E-state index in [1.807, 2.05) is 0 Å². The first-order valence-corrected chi connectivity index (χ1v) is 21.9. The van der Waals surface area contributed by atoms with E-state index < -0.39 is 159 Å². The molecule has 3 aliphatic rings. The monoisotopic (exact) mass is 1040 g/mol. The zero-order valence-electron chi connectivity index (χ0n) is 37.9. The molecule has 4 heterocycles. The van der Waals surface area contributed by atoms with Crippen molar-refractivity contribution in [3.63, 3.8) is 0 Å². The third-order valence-electron chi connectivity index (χ3n) is 11.7. The first-order valence-electron chi connectivity index (χ1n) is 21.9. The topological polar surface area (TPSA) is 429 Å². The van der Waals surface area contributed by atoms with Gasteiger partial charge in [0.25, 0.3) is 0 Å². The lowest BCUT2D eigenvalue weighted by molar-refractivity contribution is -0.278. The van der Waals surface area contributed by atoms with E-state index >= 15 is 0 Å². The number of benzene rings is 3. The summed E-state index contributed by atoms with van der Waals surface area (Å²) in [6, 6.07) is 10.9. The number of aliphatic hydroxyl groups excluding tert-OH is 10. The van der Waals surface area contributed by atoms with Gasteiger partial charge < -0.3 is 114 Å². The molecule has 3 fully saturated rings. The Kier molecular flexibility index (Phi) is 17.1. The van der Waals surface area contributed by atoms with E-state index in [0.717, 1.165) is 36.4 Å². The standard InChI is InChI=1S/C46H50O27/c1-64-25-8-17(2-5-21(25)48)3-7-32(53)65-15-29-35(56)38(59)40(61)44(72-29)67-19-10-23(50)20-12-27(70-46-42(63)39(60)36(57)30(73-46)16-66-33(54)13-31(51)52)43(68-24(20)11-19)18-4-6-22(49)26(9-18)69-45-41(62)37(58)34(55)28(14-47)71-45/h2-12,28-30,34-42,44-47,55-63H,13-16H2,1H3,(H3-,48,49,50,51,52,53)/p+1. The van der Waals surface area contributed by atoms with Crippen molar-refractivity contribution in [2.75, 3.05) is 26.9 Å². The molecule has 14 N–H and O–H groups in total. The summed E-state index contributed by atoms with van der Waals surface area (Å²) < 4.78 is 55.6. The fourth-order valence-corrected chi connectivity index (χ4v) is 7.66. The molecule has 0 saturated carbocycles. The second kappa shape index (κ2) is 23.0. The molecule has 27 heteroatoms. The molecule has 396 valence electrons. The number of carbonyl (C=O) groups is 3. The number of hydrogen-bond donors (Lipinski definition) is 14. The van der Waals surface area contributed by atoms with Crippen LogP contribution >= 0.6 is 0 Å². The van der Waals surface area contributed by atoms with Crippen molar-refractivity contribution in [2.45, 2.75) is 98.5 Å². The second-order valence-corrected chi connectivity index (χ2v) is 16.7. The van der Waals surface area contributed by atoms with Crippen LogP contribution in [0.3, 0.4) is 0 Å². The Balaban J connectivity index is 1.18. The van der Waals surface area contributed by atoms with Crippen molar-refractivity contribution < 1.29 is 133 Å². The predicted molar refractivity (Wildman–Crippen MR) is 236 cm³/mol. The average molecular weight is 1040 g/mol. The number of aromatic hydroxyl groups is 3. The van der Waals surface area contributed by atoms with Gasteiger partial charge in [0.1, 0.15) is 110 Å². The van der Waals surface area contributed by atoms with Crippen molar-refractivity contribution >= 4 is 35.0 Å². The van der Waals surface area contributed by atoms with Gasteiger partial charge in [0.2, 0.25) is 24.6 Å². The van der Waals surface area contributed by atoms with Crippen LogP contribution in [-0.2, 0) is 38.1 Å². The smallest absolute Gasteiger partial charge is 0.402 e. The molecule has 4 aromatic rings. The Hall–Kier alpha value is -6.70. The highest BCUT2D eigenvalue weighted by molar-refractivity contribution is 5.90. The van der Waals surface area contributed by atoms with Crippen LogP contribution in [-0.4, -0.2) is 208 Å². The number of ether oxygens (including phenoxy) is 9. The van der Waals surface area contributed by atoms with Crippen LogP contribution in [0, 0.1) is 0 Å². The lowest BCUT2D eigenvalue weighted by atomic mass is 9.99. The van der Waals surface area contributed by atoms with Crippen molar-refractivity contribution in [2.24, 2.45) is 0 Å².